The molecule has 0 saturated carbocycles. The molecule has 7 nitrogen and oxygen atoms in total. The largest absolute Gasteiger partial charge is 0.379 e. The van der Waals surface area contributed by atoms with Crippen LogP contribution in [0.3, 0.4) is 0 Å². The summed E-state index contributed by atoms with van der Waals surface area (Å²) in [6.07, 6.45) is 1.81. The van der Waals surface area contributed by atoms with Gasteiger partial charge in [0.2, 0.25) is 11.8 Å². The number of morpholine rings is 1. The topological polar surface area (TPSA) is 70.2 Å². The van der Waals surface area contributed by atoms with E-state index < -0.39 is 23.3 Å². The molecular formula is C23H31N3O4. The first kappa shape index (κ1) is 22.2. The van der Waals surface area contributed by atoms with E-state index in [-0.39, 0.29) is 25.4 Å². The van der Waals surface area contributed by atoms with E-state index in [0.29, 0.717) is 19.8 Å². The minimum absolute atomic E-state index is 0.144. The van der Waals surface area contributed by atoms with Crippen molar-refractivity contribution in [2.24, 2.45) is 11.3 Å². The van der Waals surface area contributed by atoms with Crippen LogP contribution >= 0.6 is 0 Å². The molecule has 3 rings (SSSR count). The van der Waals surface area contributed by atoms with Crippen molar-refractivity contribution in [1.82, 2.24) is 14.7 Å². The minimum atomic E-state index is -1.31. The third-order valence-corrected chi connectivity index (χ3v) is 6.09. The molecule has 0 aromatic heterocycles. The molecular weight excluding hydrogens is 382 g/mol. The zero-order valence-electron chi connectivity index (χ0n) is 17.9. The molecule has 7 heteroatoms. The van der Waals surface area contributed by atoms with Gasteiger partial charge in [0, 0.05) is 26.2 Å². The van der Waals surface area contributed by atoms with E-state index in [1.54, 1.807) is 6.08 Å². The average Bonchev–Trinajstić information content (AvgIpc) is 2.75. The van der Waals surface area contributed by atoms with Gasteiger partial charge < -0.3 is 4.74 Å². The van der Waals surface area contributed by atoms with Crippen LogP contribution < -0.4 is 0 Å². The van der Waals surface area contributed by atoms with Gasteiger partial charge in [-0.05, 0) is 17.9 Å². The number of hydrogen-bond acceptors (Lipinski definition) is 5. The van der Waals surface area contributed by atoms with Crippen LogP contribution in [-0.2, 0) is 20.9 Å². The Bertz CT molecular complexity index is 789. The van der Waals surface area contributed by atoms with Crippen LogP contribution in [0, 0.1) is 11.3 Å². The maximum Gasteiger partial charge on any atom is 0.333 e. The fourth-order valence-electron chi connectivity index (χ4n) is 4.19. The number of urea groups is 1. The normalized spacial score (nSPS) is 23.4. The molecule has 1 unspecified atom stereocenters. The van der Waals surface area contributed by atoms with Gasteiger partial charge in [-0.25, -0.2) is 4.79 Å². The number of hydrogen-bond donors (Lipinski definition) is 0. The van der Waals surface area contributed by atoms with E-state index in [2.05, 4.69) is 11.5 Å². The van der Waals surface area contributed by atoms with E-state index in [4.69, 9.17) is 4.74 Å². The zero-order valence-corrected chi connectivity index (χ0v) is 17.9. The summed E-state index contributed by atoms with van der Waals surface area (Å²) in [5, 5.41) is 0. The maximum absolute atomic E-state index is 13.5. The first-order valence-corrected chi connectivity index (χ1v) is 10.5. The predicted molar refractivity (Wildman–Crippen MR) is 113 cm³/mol. The van der Waals surface area contributed by atoms with Gasteiger partial charge in [0.15, 0.2) is 0 Å². The summed E-state index contributed by atoms with van der Waals surface area (Å²) in [7, 11) is 0. The highest BCUT2D eigenvalue weighted by molar-refractivity contribution is 6.19. The van der Waals surface area contributed by atoms with Gasteiger partial charge in [0.1, 0.15) is 5.41 Å². The van der Waals surface area contributed by atoms with Crippen molar-refractivity contribution < 1.29 is 19.1 Å². The molecule has 2 aliphatic rings. The molecule has 2 fully saturated rings. The molecule has 0 N–H and O–H groups in total. The number of barbiturate groups is 1. The molecule has 0 aliphatic carbocycles. The lowest BCUT2D eigenvalue weighted by atomic mass is 9.70. The highest BCUT2D eigenvalue weighted by atomic mass is 16.5. The summed E-state index contributed by atoms with van der Waals surface area (Å²) < 4.78 is 5.37. The molecule has 4 amide bonds. The van der Waals surface area contributed by atoms with E-state index in [9.17, 15) is 14.4 Å². The highest BCUT2D eigenvalue weighted by Gasteiger charge is 2.58. The average molecular weight is 414 g/mol. The van der Waals surface area contributed by atoms with Crippen molar-refractivity contribution in [3.8, 4) is 0 Å². The van der Waals surface area contributed by atoms with E-state index in [1.807, 2.05) is 44.2 Å². The number of ether oxygens (including phenoxy) is 1. The van der Waals surface area contributed by atoms with Crippen LogP contribution in [0.2, 0.25) is 0 Å². The summed E-state index contributed by atoms with van der Waals surface area (Å²) in [6, 6.07) is 8.84. The predicted octanol–water partition coefficient (Wildman–Crippen LogP) is 2.53. The van der Waals surface area contributed by atoms with Gasteiger partial charge in [-0.15, -0.1) is 6.58 Å². The Hall–Kier alpha value is -2.51. The number of carbonyl (C=O) groups excluding carboxylic acids is 3. The SMILES string of the molecule is C=CCC1(C(C)C)C(=O)N(CCN2CCOCC2)C(=O)N(Cc2ccccc2)C1=O. The Kier molecular flexibility index (Phi) is 7.05. The number of amides is 4. The molecule has 1 aromatic carbocycles. The molecule has 162 valence electrons. The van der Waals surface area contributed by atoms with Crippen LogP contribution in [0.5, 0.6) is 0 Å². The summed E-state index contributed by atoms with van der Waals surface area (Å²) in [5.41, 5.74) is -0.465. The highest BCUT2D eigenvalue weighted by Crippen LogP contribution is 2.40. The second kappa shape index (κ2) is 9.53. The second-order valence-corrected chi connectivity index (χ2v) is 8.19. The van der Waals surface area contributed by atoms with Crippen molar-refractivity contribution in [3.63, 3.8) is 0 Å². The van der Waals surface area contributed by atoms with Crippen molar-refractivity contribution in [3.05, 3.63) is 48.6 Å². The Balaban J connectivity index is 1.91. The van der Waals surface area contributed by atoms with Gasteiger partial charge in [-0.1, -0.05) is 50.3 Å². The van der Waals surface area contributed by atoms with Gasteiger partial charge in [0.05, 0.1) is 19.8 Å². The van der Waals surface area contributed by atoms with Crippen LogP contribution in [0.15, 0.2) is 43.0 Å². The fraction of sp³-hybridized carbons (Fsp3) is 0.522. The Morgan fingerprint density at radius 1 is 1.03 bits per heavy atom. The lowest BCUT2D eigenvalue weighted by molar-refractivity contribution is -0.162. The first-order chi connectivity index (χ1) is 14.4. The van der Waals surface area contributed by atoms with Crippen molar-refractivity contribution in [2.75, 3.05) is 39.4 Å². The number of benzene rings is 1. The van der Waals surface area contributed by atoms with Gasteiger partial charge in [-0.2, -0.15) is 0 Å². The van der Waals surface area contributed by atoms with Crippen molar-refractivity contribution >= 4 is 17.8 Å². The third kappa shape index (κ3) is 4.18. The fourth-order valence-corrected chi connectivity index (χ4v) is 4.19. The van der Waals surface area contributed by atoms with Crippen molar-refractivity contribution in [1.29, 1.82) is 0 Å². The second-order valence-electron chi connectivity index (χ2n) is 8.19. The van der Waals surface area contributed by atoms with Crippen LogP contribution in [-0.4, -0.2) is 71.9 Å². The molecule has 0 bridgehead atoms. The quantitative estimate of drug-likeness (QED) is 0.484. The minimum Gasteiger partial charge on any atom is -0.379 e. The van der Waals surface area contributed by atoms with E-state index in [1.165, 1.54) is 9.80 Å². The van der Waals surface area contributed by atoms with E-state index in [0.717, 1.165) is 18.7 Å². The summed E-state index contributed by atoms with van der Waals surface area (Å²) in [6.45, 7) is 11.3. The maximum atomic E-state index is 13.5. The lowest BCUT2D eigenvalue weighted by Crippen LogP contribution is -2.67. The van der Waals surface area contributed by atoms with Crippen LogP contribution in [0.25, 0.3) is 0 Å². The van der Waals surface area contributed by atoms with Crippen LogP contribution in [0.4, 0.5) is 4.79 Å². The molecule has 2 aliphatic heterocycles. The van der Waals surface area contributed by atoms with Crippen molar-refractivity contribution in [2.45, 2.75) is 26.8 Å². The number of carbonyl (C=O) groups is 3. The zero-order chi connectivity index (χ0) is 21.7. The number of imide groups is 2. The number of rotatable bonds is 8. The number of allylic oxidation sites excluding steroid dienone is 1. The van der Waals surface area contributed by atoms with Crippen LogP contribution in [0.1, 0.15) is 25.8 Å². The monoisotopic (exact) mass is 413 g/mol. The van der Waals surface area contributed by atoms with Gasteiger partial charge >= 0.3 is 6.03 Å². The molecule has 0 radical (unpaired) electrons. The summed E-state index contributed by atoms with van der Waals surface area (Å²) >= 11 is 0. The molecule has 1 aromatic rings. The Morgan fingerprint density at radius 3 is 2.27 bits per heavy atom. The molecule has 1 atom stereocenters. The molecule has 2 heterocycles. The van der Waals surface area contributed by atoms with E-state index >= 15 is 0 Å². The third-order valence-electron chi connectivity index (χ3n) is 6.09. The smallest absolute Gasteiger partial charge is 0.333 e. The Labute approximate surface area is 178 Å². The molecule has 0 spiro atoms. The Morgan fingerprint density at radius 2 is 1.67 bits per heavy atom. The van der Waals surface area contributed by atoms with Gasteiger partial charge in [0.25, 0.3) is 0 Å². The summed E-state index contributed by atoms with van der Waals surface area (Å²) in [4.78, 5) is 45.0. The summed E-state index contributed by atoms with van der Waals surface area (Å²) in [5.74, 6) is -1.11. The number of nitrogens with zero attached hydrogens (tertiary/aromatic N) is 3. The molecule has 2 saturated heterocycles. The molecule has 30 heavy (non-hydrogen) atoms. The van der Waals surface area contributed by atoms with Gasteiger partial charge in [-0.3, -0.25) is 24.3 Å². The first-order valence-electron chi connectivity index (χ1n) is 10.5. The standard InChI is InChI=1S/C23H31N3O4/c1-4-10-23(18(2)3)20(27)25(12-11-24-13-15-30-16-14-24)22(29)26(21(23)28)17-19-8-6-5-7-9-19/h4-9,18H,1,10-17H2,2-3H3. The lowest BCUT2D eigenvalue weighted by Gasteiger charge is -2.46.